The van der Waals surface area contributed by atoms with Crippen molar-refractivity contribution in [2.75, 3.05) is 11.9 Å². The first-order valence-electron chi connectivity index (χ1n) is 11.1. The van der Waals surface area contributed by atoms with E-state index in [0.717, 1.165) is 45.6 Å². The molecule has 1 N–H and O–H groups in total. The zero-order chi connectivity index (χ0) is 24.4. The van der Waals surface area contributed by atoms with Crippen LogP contribution in [0.5, 0.6) is 5.88 Å². The molecule has 0 aliphatic heterocycles. The molecule has 4 aromatic rings. The number of hydrogen-bond donors (Lipinski definition) is 1. The van der Waals surface area contributed by atoms with E-state index in [0.29, 0.717) is 24.6 Å². The molecule has 0 aliphatic rings. The summed E-state index contributed by atoms with van der Waals surface area (Å²) in [5.74, 6) is -1.83. The third kappa shape index (κ3) is 4.62. The monoisotopic (exact) mass is 464 g/mol. The summed E-state index contributed by atoms with van der Waals surface area (Å²) in [5, 5.41) is 8.25. The molecule has 0 saturated carbocycles. The maximum absolute atomic E-state index is 13.4. The second kappa shape index (κ2) is 9.59. The maximum Gasteiger partial charge on any atom is 0.224 e. The number of halogens is 2. The van der Waals surface area contributed by atoms with Crippen molar-refractivity contribution in [2.45, 2.75) is 40.5 Å². The predicted molar refractivity (Wildman–Crippen MR) is 128 cm³/mol. The highest BCUT2D eigenvalue weighted by atomic mass is 19.2. The number of nitrogens with one attached hydrogen (secondary N) is 1. The fourth-order valence-corrected chi connectivity index (χ4v) is 4.06. The van der Waals surface area contributed by atoms with Gasteiger partial charge in [-0.25, -0.2) is 13.5 Å². The van der Waals surface area contributed by atoms with Gasteiger partial charge >= 0.3 is 0 Å². The number of carbonyl (C=O) groups is 1. The Morgan fingerprint density at radius 3 is 2.59 bits per heavy atom. The van der Waals surface area contributed by atoms with E-state index in [1.165, 1.54) is 6.07 Å². The average Bonchev–Trinajstić information content (AvgIpc) is 3.12. The summed E-state index contributed by atoms with van der Waals surface area (Å²) in [5.41, 5.74) is 5.52. The lowest BCUT2D eigenvalue weighted by atomic mass is 10.0. The first-order chi connectivity index (χ1) is 16.3. The van der Waals surface area contributed by atoms with Gasteiger partial charge in [0.05, 0.1) is 18.0 Å². The van der Waals surface area contributed by atoms with E-state index in [9.17, 15) is 13.6 Å². The van der Waals surface area contributed by atoms with E-state index in [2.05, 4.69) is 5.32 Å². The number of aromatic nitrogens is 3. The quantitative estimate of drug-likeness (QED) is 0.387. The van der Waals surface area contributed by atoms with Crippen LogP contribution in [0, 0.1) is 32.4 Å². The number of ether oxygens (including phenoxy) is 1. The minimum Gasteiger partial charge on any atom is -0.478 e. The van der Waals surface area contributed by atoms with Gasteiger partial charge in [-0.3, -0.25) is 4.79 Å². The SMILES string of the molecule is CCOc1nc2c(c(C)nn2-c2cccc(C)c2)c(C)c1CCC(=O)Nc1ccc(F)c(F)c1. The van der Waals surface area contributed by atoms with Crippen molar-refractivity contribution in [3.63, 3.8) is 0 Å². The molecule has 34 heavy (non-hydrogen) atoms. The molecule has 0 aliphatic carbocycles. The first kappa shape index (κ1) is 23.4. The maximum atomic E-state index is 13.4. The minimum atomic E-state index is -1.01. The van der Waals surface area contributed by atoms with Crippen LogP contribution in [0.2, 0.25) is 0 Å². The van der Waals surface area contributed by atoms with Gasteiger partial charge in [-0.2, -0.15) is 10.1 Å². The molecule has 1 amide bonds. The Bertz CT molecular complexity index is 1380. The van der Waals surface area contributed by atoms with Crippen molar-refractivity contribution in [3.05, 3.63) is 76.5 Å². The summed E-state index contributed by atoms with van der Waals surface area (Å²) in [6.07, 6.45) is 0.493. The Morgan fingerprint density at radius 2 is 1.88 bits per heavy atom. The number of amides is 1. The second-order valence-corrected chi connectivity index (χ2v) is 8.17. The molecule has 8 heteroatoms. The van der Waals surface area contributed by atoms with Gasteiger partial charge in [-0.1, -0.05) is 12.1 Å². The van der Waals surface area contributed by atoms with E-state index in [1.54, 1.807) is 0 Å². The smallest absolute Gasteiger partial charge is 0.224 e. The van der Waals surface area contributed by atoms with Crippen molar-refractivity contribution in [3.8, 4) is 11.6 Å². The minimum absolute atomic E-state index is 0.123. The normalized spacial score (nSPS) is 11.1. The van der Waals surface area contributed by atoms with Crippen LogP contribution in [0.1, 0.15) is 35.7 Å². The summed E-state index contributed by atoms with van der Waals surface area (Å²) in [6, 6.07) is 11.3. The standard InChI is InChI=1S/C26H26F2N4O2/c1-5-34-26-20(10-12-23(33)29-18-9-11-21(27)22(28)14-18)16(3)24-17(4)31-32(25(24)30-26)19-8-6-7-15(2)13-19/h6-9,11,13-14H,5,10,12H2,1-4H3,(H,29,33). The number of carbonyl (C=O) groups excluding carboxylic acids is 1. The van der Waals surface area contributed by atoms with Crippen LogP contribution >= 0.6 is 0 Å². The van der Waals surface area contributed by atoms with E-state index in [4.69, 9.17) is 14.8 Å². The van der Waals surface area contributed by atoms with Gasteiger partial charge < -0.3 is 10.1 Å². The van der Waals surface area contributed by atoms with Gasteiger partial charge in [0.2, 0.25) is 11.8 Å². The molecule has 2 heterocycles. The molecular weight excluding hydrogens is 438 g/mol. The lowest BCUT2D eigenvalue weighted by Crippen LogP contribution is -2.14. The van der Waals surface area contributed by atoms with Crippen LogP contribution in [0.15, 0.2) is 42.5 Å². The van der Waals surface area contributed by atoms with Crippen LogP contribution in [-0.2, 0) is 11.2 Å². The van der Waals surface area contributed by atoms with Crippen LogP contribution in [0.4, 0.5) is 14.5 Å². The van der Waals surface area contributed by atoms with Gasteiger partial charge in [0.25, 0.3) is 0 Å². The topological polar surface area (TPSA) is 69.0 Å². The van der Waals surface area contributed by atoms with Gasteiger partial charge in [0, 0.05) is 29.1 Å². The number of pyridine rings is 1. The molecule has 2 aromatic carbocycles. The van der Waals surface area contributed by atoms with Crippen molar-refractivity contribution >= 4 is 22.6 Å². The van der Waals surface area contributed by atoms with Crippen molar-refractivity contribution in [2.24, 2.45) is 0 Å². The number of hydrogen-bond acceptors (Lipinski definition) is 4. The molecule has 0 unspecified atom stereocenters. The van der Waals surface area contributed by atoms with E-state index < -0.39 is 11.6 Å². The zero-order valence-electron chi connectivity index (χ0n) is 19.6. The molecule has 6 nitrogen and oxygen atoms in total. The molecule has 0 radical (unpaired) electrons. The van der Waals surface area contributed by atoms with Gasteiger partial charge in [0.1, 0.15) is 0 Å². The lowest BCUT2D eigenvalue weighted by Gasteiger charge is -2.14. The van der Waals surface area contributed by atoms with Gasteiger partial charge in [0.15, 0.2) is 17.3 Å². The Kier molecular flexibility index (Phi) is 6.58. The highest BCUT2D eigenvalue weighted by molar-refractivity contribution is 5.91. The summed E-state index contributed by atoms with van der Waals surface area (Å²) in [6.45, 7) is 8.23. The number of anilines is 1. The number of rotatable bonds is 7. The molecule has 0 bridgehead atoms. The largest absolute Gasteiger partial charge is 0.478 e. The summed E-state index contributed by atoms with van der Waals surface area (Å²) >= 11 is 0. The predicted octanol–water partition coefficient (Wildman–Crippen LogP) is 5.59. The van der Waals surface area contributed by atoms with Crippen molar-refractivity contribution in [1.29, 1.82) is 0 Å². The Hall–Kier alpha value is -3.81. The Labute approximate surface area is 196 Å². The molecule has 176 valence electrons. The summed E-state index contributed by atoms with van der Waals surface area (Å²) in [7, 11) is 0. The molecule has 0 saturated heterocycles. The highest BCUT2D eigenvalue weighted by Crippen LogP contribution is 2.32. The molecule has 2 aromatic heterocycles. The Morgan fingerprint density at radius 1 is 1.09 bits per heavy atom. The molecular formula is C26H26F2N4O2. The molecule has 0 atom stereocenters. The average molecular weight is 465 g/mol. The fraction of sp³-hybridized carbons (Fsp3) is 0.269. The zero-order valence-corrected chi connectivity index (χ0v) is 19.6. The Balaban J connectivity index is 1.66. The number of aryl methyl sites for hydroxylation is 3. The van der Waals surface area contributed by atoms with Crippen LogP contribution in [0.3, 0.4) is 0 Å². The number of fused-ring (bicyclic) bond motifs is 1. The van der Waals surface area contributed by atoms with Crippen molar-refractivity contribution < 1.29 is 18.3 Å². The summed E-state index contributed by atoms with van der Waals surface area (Å²) < 4.78 is 34.3. The van der Waals surface area contributed by atoms with Gasteiger partial charge in [-0.05, 0) is 69.5 Å². The lowest BCUT2D eigenvalue weighted by molar-refractivity contribution is -0.116. The third-order valence-electron chi connectivity index (χ3n) is 5.66. The number of benzene rings is 2. The van der Waals surface area contributed by atoms with E-state index >= 15 is 0 Å². The third-order valence-corrected chi connectivity index (χ3v) is 5.66. The fourth-order valence-electron chi connectivity index (χ4n) is 4.06. The first-order valence-corrected chi connectivity index (χ1v) is 11.1. The van der Waals surface area contributed by atoms with Crippen LogP contribution in [0.25, 0.3) is 16.7 Å². The molecule has 4 rings (SSSR count). The van der Waals surface area contributed by atoms with E-state index in [-0.39, 0.29) is 18.0 Å². The number of nitrogens with zero attached hydrogens (tertiary/aromatic N) is 3. The van der Waals surface area contributed by atoms with Crippen LogP contribution < -0.4 is 10.1 Å². The van der Waals surface area contributed by atoms with E-state index in [1.807, 2.05) is 56.6 Å². The molecule has 0 fully saturated rings. The highest BCUT2D eigenvalue weighted by Gasteiger charge is 2.21. The van der Waals surface area contributed by atoms with Crippen molar-refractivity contribution in [1.82, 2.24) is 14.8 Å². The second-order valence-electron chi connectivity index (χ2n) is 8.17. The molecule has 0 spiro atoms. The summed E-state index contributed by atoms with van der Waals surface area (Å²) in [4.78, 5) is 17.3. The van der Waals surface area contributed by atoms with Crippen LogP contribution in [-0.4, -0.2) is 27.3 Å². The van der Waals surface area contributed by atoms with Gasteiger partial charge in [-0.15, -0.1) is 0 Å².